The molecule has 0 heterocycles. The molecule has 0 aliphatic rings. The third-order valence-electron chi connectivity index (χ3n) is 17.7. The second kappa shape index (κ2) is 71.8. The normalized spacial score (nSPS) is 12.6. The second-order valence-corrected chi connectivity index (χ2v) is 26.0. The molecule has 0 spiro atoms. The molecule has 2 unspecified atom stereocenters. The van der Waals surface area contributed by atoms with E-state index < -0.39 is 12.1 Å². The minimum absolute atomic E-state index is 0.0202. The lowest BCUT2D eigenvalue weighted by atomic mass is 10.0. The monoisotopic (exact) mass is 1150 g/mol. The molecular formula is C76H147NO5. The van der Waals surface area contributed by atoms with Crippen LogP contribution in [0.1, 0.15) is 425 Å². The van der Waals surface area contributed by atoms with E-state index in [1.807, 2.05) is 6.08 Å². The van der Waals surface area contributed by atoms with Gasteiger partial charge in [0.15, 0.2) is 0 Å². The summed E-state index contributed by atoms with van der Waals surface area (Å²) in [5.41, 5.74) is 0. The summed E-state index contributed by atoms with van der Waals surface area (Å²) >= 11 is 0. The van der Waals surface area contributed by atoms with Crippen LogP contribution in [0, 0.1) is 0 Å². The fourth-order valence-electron chi connectivity index (χ4n) is 12.0. The minimum atomic E-state index is -0.841. The second-order valence-electron chi connectivity index (χ2n) is 26.0. The van der Waals surface area contributed by atoms with Crippen LogP contribution in [-0.2, 0) is 14.3 Å². The van der Waals surface area contributed by atoms with Crippen LogP contribution < -0.4 is 5.32 Å². The Kier molecular flexibility index (Phi) is 70.4. The molecule has 82 heavy (non-hydrogen) atoms. The average Bonchev–Trinajstić information content (AvgIpc) is 3.48. The molecule has 0 aromatic carbocycles. The number of esters is 1. The van der Waals surface area contributed by atoms with Crippen LogP contribution in [0.5, 0.6) is 0 Å². The molecule has 0 fully saturated rings. The summed E-state index contributed by atoms with van der Waals surface area (Å²) in [4.78, 5) is 24.6. The smallest absolute Gasteiger partial charge is 0.305 e. The fourth-order valence-corrected chi connectivity index (χ4v) is 12.0. The number of hydrogen-bond donors (Lipinski definition) is 3. The van der Waals surface area contributed by atoms with Gasteiger partial charge >= 0.3 is 5.97 Å². The van der Waals surface area contributed by atoms with Crippen LogP contribution in [0.25, 0.3) is 0 Å². The molecule has 0 saturated heterocycles. The van der Waals surface area contributed by atoms with E-state index in [4.69, 9.17) is 4.74 Å². The highest BCUT2D eigenvalue weighted by molar-refractivity contribution is 5.76. The third-order valence-corrected chi connectivity index (χ3v) is 17.7. The highest BCUT2D eigenvalue weighted by Crippen LogP contribution is 2.19. The molecule has 0 bridgehead atoms. The number of rotatable bonds is 71. The number of nitrogens with one attached hydrogen (secondary N) is 1. The van der Waals surface area contributed by atoms with Crippen LogP contribution in [0.4, 0.5) is 0 Å². The van der Waals surface area contributed by atoms with Crippen molar-refractivity contribution in [3.8, 4) is 0 Å². The van der Waals surface area contributed by atoms with Crippen molar-refractivity contribution in [1.82, 2.24) is 5.32 Å². The first-order valence-electron chi connectivity index (χ1n) is 37.6. The highest BCUT2D eigenvalue weighted by Gasteiger charge is 2.18. The minimum Gasteiger partial charge on any atom is -0.466 e. The van der Waals surface area contributed by atoms with Gasteiger partial charge in [0.25, 0.3) is 0 Å². The fraction of sp³-hybridized carbons (Fsp3) is 0.921. The molecule has 0 radical (unpaired) electrons. The van der Waals surface area contributed by atoms with Gasteiger partial charge in [0, 0.05) is 12.8 Å². The molecule has 0 aromatic rings. The van der Waals surface area contributed by atoms with Gasteiger partial charge in [-0.3, -0.25) is 9.59 Å². The molecule has 0 aliphatic carbocycles. The van der Waals surface area contributed by atoms with Crippen LogP contribution in [-0.4, -0.2) is 47.4 Å². The van der Waals surface area contributed by atoms with E-state index in [1.54, 1.807) is 6.08 Å². The Bertz CT molecular complexity index is 1280. The number of aliphatic hydroxyl groups is 2. The first-order chi connectivity index (χ1) is 40.5. The Labute approximate surface area is 513 Å². The first kappa shape index (κ1) is 80.3. The van der Waals surface area contributed by atoms with Crippen LogP contribution in [0.15, 0.2) is 24.3 Å². The van der Waals surface area contributed by atoms with Gasteiger partial charge in [-0.1, -0.05) is 378 Å². The van der Waals surface area contributed by atoms with E-state index in [2.05, 4.69) is 31.3 Å². The van der Waals surface area contributed by atoms with Gasteiger partial charge in [0.1, 0.15) is 0 Å². The van der Waals surface area contributed by atoms with Gasteiger partial charge in [0.2, 0.25) is 5.91 Å². The van der Waals surface area contributed by atoms with E-state index in [0.29, 0.717) is 19.4 Å². The van der Waals surface area contributed by atoms with E-state index in [0.717, 1.165) is 38.5 Å². The maximum Gasteiger partial charge on any atom is 0.305 e. The molecule has 0 saturated carbocycles. The van der Waals surface area contributed by atoms with E-state index >= 15 is 0 Å². The number of aliphatic hydroxyl groups excluding tert-OH is 2. The SMILES string of the molecule is CCCCCCCC/C=C\CCCCCCCCCCCC(=O)OCCCCCCCCCCCCCCCCCCCCCCCCCCCCCCCCC(=O)NC(CO)C(O)/C=C/CCCCCCCCCCCCCCCC. The number of allylic oxidation sites excluding steroid dienone is 3. The van der Waals surface area contributed by atoms with Crippen molar-refractivity contribution >= 4 is 11.9 Å². The van der Waals surface area contributed by atoms with Crippen molar-refractivity contribution in [2.24, 2.45) is 0 Å². The predicted molar refractivity (Wildman–Crippen MR) is 361 cm³/mol. The summed E-state index contributed by atoms with van der Waals surface area (Å²) < 4.78 is 5.52. The van der Waals surface area contributed by atoms with Crippen molar-refractivity contribution < 1.29 is 24.5 Å². The van der Waals surface area contributed by atoms with Crippen LogP contribution in [0.3, 0.4) is 0 Å². The molecule has 0 aliphatic heterocycles. The van der Waals surface area contributed by atoms with Gasteiger partial charge in [-0.05, 0) is 57.8 Å². The van der Waals surface area contributed by atoms with E-state index in [-0.39, 0.29) is 18.5 Å². The molecule has 3 N–H and O–H groups in total. The lowest BCUT2D eigenvalue weighted by Gasteiger charge is -2.20. The lowest BCUT2D eigenvalue weighted by molar-refractivity contribution is -0.143. The summed E-state index contributed by atoms with van der Waals surface area (Å²) in [5.74, 6) is -0.0406. The Hall–Kier alpha value is -1.66. The van der Waals surface area contributed by atoms with Gasteiger partial charge in [0.05, 0.1) is 25.4 Å². The van der Waals surface area contributed by atoms with E-state index in [1.165, 1.54) is 360 Å². The standard InChI is InChI=1S/C76H147NO5/c1-3-5-7-9-11-13-15-17-19-21-34-38-42-46-50-54-58-62-66-70-76(81)82-71-67-63-59-55-51-47-43-39-36-33-31-29-27-25-23-22-24-26-28-30-32-35-37-41-45-49-53-57-61-65-69-75(80)77-73(72-78)74(79)68-64-60-56-52-48-44-40-20-18-16-14-12-10-8-6-4-2/h17,19,64,68,73-74,78-79H,3-16,18,20-63,65-67,69-72H2,1-2H3,(H,77,80)/b19-17-,68-64+. The average molecular weight is 1160 g/mol. The summed E-state index contributed by atoms with van der Waals surface area (Å²) in [6.07, 6.45) is 91.4. The molecular weight excluding hydrogens is 1010 g/mol. The van der Waals surface area contributed by atoms with Gasteiger partial charge in [-0.15, -0.1) is 0 Å². The summed E-state index contributed by atoms with van der Waals surface area (Å²) in [6.45, 7) is 4.94. The van der Waals surface area contributed by atoms with Gasteiger partial charge in [-0.25, -0.2) is 0 Å². The molecule has 0 aromatic heterocycles. The van der Waals surface area contributed by atoms with Crippen LogP contribution in [0.2, 0.25) is 0 Å². The Morgan fingerprint density at radius 1 is 0.329 bits per heavy atom. The molecule has 6 heteroatoms. The van der Waals surface area contributed by atoms with Crippen LogP contribution >= 0.6 is 0 Å². The highest BCUT2D eigenvalue weighted by atomic mass is 16.5. The van der Waals surface area contributed by atoms with Gasteiger partial charge in [-0.2, -0.15) is 0 Å². The molecule has 486 valence electrons. The van der Waals surface area contributed by atoms with Crippen molar-refractivity contribution in [2.45, 2.75) is 437 Å². The summed E-state index contributed by atoms with van der Waals surface area (Å²) in [6, 6.07) is -0.625. The topological polar surface area (TPSA) is 95.9 Å². The maximum absolute atomic E-state index is 12.5. The first-order valence-corrected chi connectivity index (χ1v) is 37.6. The zero-order valence-corrected chi connectivity index (χ0v) is 55.8. The summed E-state index contributed by atoms with van der Waals surface area (Å²) in [7, 11) is 0. The zero-order valence-electron chi connectivity index (χ0n) is 55.8. The van der Waals surface area contributed by atoms with E-state index in [9.17, 15) is 19.8 Å². The van der Waals surface area contributed by atoms with Crippen molar-refractivity contribution in [2.75, 3.05) is 13.2 Å². The van der Waals surface area contributed by atoms with Gasteiger partial charge < -0.3 is 20.3 Å². The Balaban J connectivity index is 3.33. The number of ether oxygens (including phenoxy) is 1. The number of amides is 1. The summed E-state index contributed by atoms with van der Waals surface area (Å²) in [5, 5.41) is 23.2. The lowest BCUT2D eigenvalue weighted by Crippen LogP contribution is -2.45. The van der Waals surface area contributed by atoms with Crippen molar-refractivity contribution in [3.05, 3.63) is 24.3 Å². The number of carbonyl (C=O) groups excluding carboxylic acids is 2. The quantitative estimate of drug-likeness (QED) is 0.0320. The molecule has 2 atom stereocenters. The number of carbonyl (C=O) groups is 2. The predicted octanol–water partition coefficient (Wildman–Crippen LogP) is 24.5. The zero-order chi connectivity index (χ0) is 59.2. The molecule has 6 nitrogen and oxygen atoms in total. The van der Waals surface area contributed by atoms with Crippen molar-refractivity contribution in [1.29, 1.82) is 0 Å². The molecule has 0 rings (SSSR count). The third kappa shape index (κ3) is 67.5. The van der Waals surface area contributed by atoms with Crippen molar-refractivity contribution in [3.63, 3.8) is 0 Å². The molecule has 1 amide bonds. The Morgan fingerprint density at radius 2 is 0.573 bits per heavy atom. The largest absolute Gasteiger partial charge is 0.466 e. The number of hydrogen-bond acceptors (Lipinski definition) is 5. The Morgan fingerprint density at radius 3 is 0.866 bits per heavy atom. The number of unbranched alkanes of at least 4 members (excludes halogenated alkanes) is 58. The maximum atomic E-state index is 12.5.